The van der Waals surface area contributed by atoms with Crippen LogP contribution in [0.4, 0.5) is 17.1 Å². The number of hydrogen-bond donors (Lipinski definition) is 1. The van der Waals surface area contributed by atoms with Crippen LogP contribution in [-0.2, 0) is 0 Å². The Hall–Kier alpha value is -2.56. The van der Waals surface area contributed by atoms with Crippen LogP contribution in [-0.4, -0.2) is 37.1 Å². The van der Waals surface area contributed by atoms with Gasteiger partial charge in [-0.25, -0.2) is 0 Å². The maximum absolute atomic E-state index is 12.6. The van der Waals surface area contributed by atoms with Crippen molar-refractivity contribution < 1.29 is 4.79 Å². The highest BCUT2D eigenvalue weighted by Gasteiger charge is 2.12. The van der Waals surface area contributed by atoms with Crippen LogP contribution in [0.15, 0.2) is 36.5 Å². The predicted octanol–water partition coefficient (Wildman–Crippen LogP) is 4.33. The Morgan fingerprint density at radius 3 is 2.04 bits per heavy atom. The third kappa shape index (κ3) is 4.54. The van der Waals surface area contributed by atoms with Crippen molar-refractivity contribution in [3.05, 3.63) is 47.8 Å². The molecule has 0 unspecified atom stereocenters. The van der Waals surface area contributed by atoms with Gasteiger partial charge in [0, 0.05) is 49.4 Å². The fourth-order valence-corrected chi connectivity index (χ4v) is 3.09. The summed E-state index contributed by atoms with van der Waals surface area (Å²) < 4.78 is 0. The van der Waals surface area contributed by atoms with Crippen molar-refractivity contribution in [2.24, 2.45) is 0 Å². The Morgan fingerprint density at radius 1 is 0.923 bits per heavy atom. The van der Waals surface area contributed by atoms with E-state index in [0.717, 1.165) is 43.1 Å². The lowest BCUT2D eigenvalue weighted by Crippen LogP contribution is -2.23. The Morgan fingerprint density at radius 2 is 1.50 bits per heavy atom. The fourth-order valence-electron chi connectivity index (χ4n) is 3.09. The number of anilines is 3. The van der Waals surface area contributed by atoms with E-state index in [9.17, 15) is 4.79 Å². The van der Waals surface area contributed by atoms with Crippen LogP contribution in [0.1, 0.15) is 43.7 Å². The largest absolute Gasteiger partial charge is 0.372 e. The number of pyridine rings is 1. The van der Waals surface area contributed by atoms with Crippen LogP contribution in [0.3, 0.4) is 0 Å². The molecule has 26 heavy (non-hydrogen) atoms. The zero-order valence-electron chi connectivity index (χ0n) is 16.5. The van der Waals surface area contributed by atoms with Crippen molar-refractivity contribution in [2.45, 2.75) is 34.6 Å². The minimum absolute atomic E-state index is 0.183. The van der Waals surface area contributed by atoms with Crippen molar-refractivity contribution in [3.63, 3.8) is 0 Å². The van der Waals surface area contributed by atoms with Crippen molar-refractivity contribution in [1.82, 2.24) is 4.98 Å². The van der Waals surface area contributed by atoms with E-state index in [-0.39, 0.29) is 5.91 Å². The molecule has 0 aliphatic heterocycles. The van der Waals surface area contributed by atoms with Gasteiger partial charge < -0.3 is 15.1 Å². The van der Waals surface area contributed by atoms with E-state index in [1.807, 2.05) is 25.1 Å². The lowest BCUT2D eigenvalue weighted by Gasteiger charge is -2.22. The molecule has 1 amide bonds. The van der Waals surface area contributed by atoms with E-state index in [4.69, 9.17) is 0 Å². The first-order valence-corrected chi connectivity index (χ1v) is 9.41. The molecule has 0 aliphatic carbocycles. The number of nitrogens with one attached hydrogen (secondary N) is 1. The van der Waals surface area contributed by atoms with E-state index < -0.39 is 0 Å². The van der Waals surface area contributed by atoms with E-state index in [1.165, 1.54) is 5.69 Å². The number of carbonyl (C=O) groups is 1. The highest BCUT2D eigenvalue weighted by molar-refractivity contribution is 6.03. The molecule has 0 saturated heterocycles. The minimum atomic E-state index is -0.183. The highest BCUT2D eigenvalue weighted by Crippen LogP contribution is 2.23. The van der Waals surface area contributed by atoms with Gasteiger partial charge in [-0.05, 0) is 70.5 Å². The van der Waals surface area contributed by atoms with Gasteiger partial charge in [-0.15, -0.1) is 0 Å². The van der Waals surface area contributed by atoms with Gasteiger partial charge in [0.1, 0.15) is 5.69 Å². The summed E-state index contributed by atoms with van der Waals surface area (Å²) in [6.45, 7) is 14.2. The molecule has 1 heterocycles. The third-order valence-electron chi connectivity index (χ3n) is 4.69. The molecule has 5 heteroatoms. The summed E-state index contributed by atoms with van der Waals surface area (Å²) in [6, 6.07) is 9.92. The number of rotatable bonds is 8. The topological polar surface area (TPSA) is 48.5 Å². The molecule has 0 saturated carbocycles. The molecule has 0 atom stereocenters. The van der Waals surface area contributed by atoms with E-state index in [0.29, 0.717) is 5.69 Å². The lowest BCUT2D eigenvalue weighted by molar-refractivity contribution is 0.102. The number of aromatic nitrogens is 1. The smallest absolute Gasteiger partial charge is 0.274 e. The molecule has 0 bridgehead atoms. The first-order chi connectivity index (χ1) is 12.5. The average Bonchev–Trinajstić information content (AvgIpc) is 2.66. The summed E-state index contributed by atoms with van der Waals surface area (Å²) in [7, 11) is 0. The van der Waals surface area contributed by atoms with Gasteiger partial charge in [-0.2, -0.15) is 0 Å². The first-order valence-electron chi connectivity index (χ1n) is 9.41. The summed E-state index contributed by atoms with van der Waals surface area (Å²) in [4.78, 5) is 21.4. The van der Waals surface area contributed by atoms with Crippen LogP contribution >= 0.6 is 0 Å². The van der Waals surface area contributed by atoms with Gasteiger partial charge in [0.2, 0.25) is 0 Å². The summed E-state index contributed by atoms with van der Waals surface area (Å²) >= 11 is 0. The summed E-state index contributed by atoms with van der Waals surface area (Å²) in [5.74, 6) is -0.183. The zero-order chi connectivity index (χ0) is 19.1. The van der Waals surface area contributed by atoms with Crippen LogP contribution < -0.4 is 15.1 Å². The lowest BCUT2D eigenvalue weighted by atomic mass is 10.1. The third-order valence-corrected chi connectivity index (χ3v) is 4.69. The first kappa shape index (κ1) is 19.8. The standard InChI is InChI=1S/C21H30N4O/c1-6-24(7-2)17-10-11-19(16(5)14-17)23-21(26)20-15-18(12-13-22-20)25(8-3)9-4/h10-15H,6-9H2,1-5H3,(H,23,26). The van der Waals surface area contributed by atoms with Crippen LogP contribution in [0.5, 0.6) is 0 Å². The molecule has 0 fully saturated rings. The molecular weight excluding hydrogens is 324 g/mol. The molecule has 5 nitrogen and oxygen atoms in total. The van der Waals surface area contributed by atoms with Crippen molar-refractivity contribution >= 4 is 23.0 Å². The maximum Gasteiger partial charge on any atom is 0.274 e. The van der Waals surface area contributed by atoms with Gasteiger partial charge in [0.25, 0.3) is 5.91 Å². The van der Waals surface area contributed by atoms with Gasteiger partial charge in [-0.3, -0.25) is 9.78 Å². The number of amides is 1. The molecule has 2 rings (SSSR count). The molecule has 0 aliphatic rings. The zero-order valence-corrected chi connectivity index (χ0v) is 16.5. The number of hydrogen-bond acceptors (Lipinski definition) is 4. The SMILES string of the molecule is CCN(CC)c1ccnc(C(=O)Nc2ccc(N(CC)CC)cc2C)c1. The predicted molar refractivity (Wildman–Crippen MR) is 110 cm³/mol. The second kappa shape index (κ2) is 9.22. The van der Waals surface area contributed by atoms with Crippen LogP contribution in [0, 0.1) is 6.92 Å². The quantitative estimate of drug-likeness (QED) is 0.766. The van der Waals surface area contributed by atoms with Crippen molar-refractivity contribution in [3.8, 4) is 0 Å². The monoisotopic (exact) mass is 354 g/mol. The van der Waals surface area contributed by atoms with Gasteiger partial charge >= 0.3 is 0 Å². The Labute approximate surface area is 157 Å². The fraction of sp³-hybridized carbons (Fsp3) is 0.429. The van der Waals surface area contributed by atoms with Crippen LogP contribution in [0.2, 0.25) is 0 Å². The molecule has 1 N–H and O–H groups in total. The minimum Gasteiger partial charge on any atom is -0.372 e. The maximum atomic E-state index is 12.6. The second-order valence-electron chi connectivity index (χ2n) is 6.20. The Bertz CT molecular complexity index is 737. The van der Waals surface area contributed by atoms with Gasteiger partial charge in [-0.1, -0.05) is 0 Å². The van der Waals surface area contributed by atoms with E-state index in [2.05, 4.69) is 59.9 Å². The van der Waals surface area contributed by atoms with Crippen molar-refractivity contribution in [2.75, 3.05) is 41.3 Å². The second-order valence-corrected chi connectivity index (χ2v) is 6.20. The molecule has 0 radical (unpaired) electrons. The van der Waals surface area contributed by atoms with Crippen LogP contribution in [0.25, 0.3) is 0 Å². The normalized spacial score (nSPS) is 10.5. The van der Waals surface area contributed by atoms with E-state index in [1.54, 1.807) is 6.20 Å². The Kier molecular flexibility index (Phi) is 7.01. The number of aryl methyl sites for hydroxylation is 1. The molecule has 0 spiro atoms. The summed E-state index contributed by atoms with van der Waals surface area (Å²) in [5.41, 5.74) is 4.49. The van der Waals surface area contributed by atoms with Gasteiger partial charge in [0.05, 0.1) is 0 Å². The number of benzene rings is 1. The van der Waals surface area contributed by atoms with E-state index >= 15 is 0 Å². The van der Waals surface area contributed by atoms with Gasteiger partial charge in [0.15, 0.2) is 0 Å². The molecular formula is C21H30N4O. The highest BCUT2D eigenvalue weighted by atomic mass is 16.1. The Balaban J connectivity index is 2.18. The van der Waals surface area contributed by atoms with Crippen molar-refractivity contribution in [1.29, 1.82) is 0 Å². The summed E-state index contributed by atoms with van der Waals surface area (Å²) in [6.07, 6.45) is 1.69. The number of carbonyl (C=O) groups excluding carboxylic acids is 1. The number of nitrogens with zero attached hydrogens (tertiary/aromatic N) is 3. The molecule has 2 aromatic rings. The summed E-state index contributed by atoms with van der Waals surface area (Å²) in [5, 5.41) is 2.99. The molecule has 1 aromatic carbocycles. The average molecular weight is 354 g/mol. The molecule has 140 valence electrons. The molecule has 1 aromatic heterocycles.